The molecule has 2 heterocycles. The Morgan fingerprint density at radius 1 is 1.35 bits per heavy atom. The second kappa shape index (κ2) is 11.0. The van der Waals surface area contributed by atoms with Gasteiger partial charge in [0, 0.05) is 37.6 Å². The van der Waals surface area contributed by atoms with Crippen molar-refractivity contribution in [1.29, 1.82) is 0 Å². The fourth-order valence-electron chi connectivity index (χ4n) is 2.11. The van der Waals surface area contributed by atoms with Crippen molar-refractivity contribution in [3.63, 3.8) is 0 Å². The quantitative estimate of drug-likeness (QED) is 0.282. The van der Waals surface area contributed by atoms with Crippen LogP contribution < -0.4 is 10.6 Å². The molecule has 0 aliphatic rings. The fourth-order valence-corrected chi connectivity index (χ4v) is 3.71. The fraction of sp³-hybridized carbons (Fsp3) is 0.500. The highest BCUT2D eigenvalue weighted by molar-refractivity contribution is 14.0. The molecule has 1 atom stereocenters. The minimum absolute atomic E-state index is 0. The van der Waals surface area contributed by atoms with E-state index in [-0.39, 0.29) is 24.0 Å². The number of guanidine groups is 1. The molecule has 2 aromatic rings. The van der Waals surface area contributed by atoms with Crippen LogP contribution in [0.25, 0.3) is 0 Å². The molecule has 0 saturated heterocycles. The summed E-state index contributed by atoms with van der Waals surface area (Å²) >= 11 is 3.49. The van der Waals surface area contributed by atoms with E-state index in [1.807, 2.05) is 14.0 Å². The summed E-state index contributed by atoms with van der Waals surface area (Å²) in [5.74, 6) is 1.36. The Hall–Kier alpha value is -0.670. The third-order valence-corrected chi connectivity index (χ3v) is 5.17. The van der Waals surface area contributed by atoms with Gasteiger partial charge in [0.15, 0.2) is 5.96 Å². The highest BCUT2D eigenvalue weighted by atomic mass is 127. The normalized spacial score (nSPS) is 12.6. The first-order chi connectivity index (χ1) is 10.7. The first-order valence-electron chi connectivity index (χ1n) is 7.56. The van der Waals surface area contributed by atoms with E-state index in [1.54, 1.807) is 22.7 Å². The van der Waals surface area contributed by atoms with Gasteiger partial charge in [-0.15, -0.1) is 35.3 Å². The zero-order valence-corrected chi connectivity index (χ0v) is 17.8. The van der Waals surface area contributed by atoms with Gasteiger partial charge in [-0.3, -0.25) is 4.99 Å². The number of rotatable bonds is 7. The Kier molecular flexibility index (Phi) is 9.73. The lowest BCUT2D eigenvalue weighted by Crippen LogP contribution is -2.39. The standard InChI is InChI=1S/C16H24N4S2.HI/c1-12(14-6-8-21-11-14)9-19-16(17-3)18-7-4-5-15-20-13(2)10-22-15;/h6,8,10-12H,4-5,7,9H2,1-3H3,(H2,17,18,19);1H. The van der Waals surface area contributed by atoms with Crippen LogP contribution >= 0.6 is 46.7 Å². The van der Waals surface area contributed by atoms with Crippen LogP contribution in [0, 0.1) is 6.92 Å². The lowest BCUT2D eigenvalue weighted by atomic mass is 10.1. The van der Waals surface area contributed by atoms with Crippen molar-refractivity contribution in [3.05, 3.63) is 38.5 Å². The van der Waals surface area contributed by atoms with Crippen molar-refractivity contribution >= 4 is 52.6 Å². The minimum atomic E-state index is 0. The molecule has 0 bridgehead atoms. The number of aromatic nitrogens is 1. The summed E-state index contributed by atoms with van der Waals surface area (Å²) < 4.78 is 0. The van der Waals surface area contributed by atoms with E-state index in [9.17, 15) is 0 Å². The van der Waals surface area contributed by atoms with Crippen molar-refractivity contribution in [1.82, 2.24) is 15.6 Å². The third-order valence-electron chi connectivity index (χ3n) is 3.44. The Balaban J connectivity index is 0.00000264. The maximum Gasteiger partial charge on any atom is 0.190 e. The van der Waals surface area contributed by atoms with Crippen molar-refractivity contribution < 1.29 is 0 Å². The van der Waals surface area contributed by atoms with Gasteiger partial charge in [-0.05, 0) is 41.7 Å². The Morgan fingerprint density at radius 3 is 2.78 bits per heavy atom. The van der Waals surface area contributed by atoms with Crippen LogP contribution in [0.1, 0.15) is 35.5 Å². The van der Waals surface area contributed by atoms with Gasteiger partial charge < -0.3 is 10.6 Å². The summed E-state index contributed by atoms with van der Waals surface area (Å²) in [6.45, 7) is 6.07. The molecule has 7 heteroatoms. The predicted octanol–water partition coefficient (Wildman–Crippen LogP) is 4.03. The molecule has 0 amide bonds. The number of hydrogen-bond donors (Lipinski definition) is 2. The van der Waals surface area contributed by atoms with Crippen LogP contribution in [-0.2, 0) is 6.42 Å². The monoisotopic (exact) mass is 464 g/mol. The van der Waals surface area contributed by atoms with Crippen LogP contribution in [0.5, 0.6) is 0 Å². The van der Waals surface area contributed by atoms with E-state index in [0.29, 0.717) is 5.92 Å². The van der Waals surface area contributed by atoms with Gasteiger partial charge in [-0.2, -0.15) is 11.3 Å². The summed E-state index contributed by atoms with van der Waals surface area (Å²) in [4.78, 5) is 8.76. The molecule has 1 unspecified atom stereocenters. The molecule has 2 rings (SSSR count). The second-order valence-corrected chi connectivity index (χ2v) is 7.05. The molecule has 2 N–H and O–H groups in total. The largest absolute Gasteiger partial charge is 0.356 e. The summed E-state index contributed by atoms with van der Waals surface area (Å²) in [5.41, 5.74) is 2.50. The van der Waals surface area contributed by atoms with Gasteiger partial charge in [0.2, 0.25) is 0 Å². The van der Waals surface area contributed by atoms with Gasteiger partial charge in [-0.25, -0.2) is 4.98 Å². The van der Waals surface area contributed by atoms with Crippen molar-refractivity contribution in [2.45, 2.75) is 32.6 Å². The van der Waals surface area contributed by atoms with Crippen LogP contribution in [0.15, 0.2) is 27.2 Å². The Morgan fingerprint density at radius 2 is 2.17 bits per heavy atom. The van der Waals surface area contributed by atoms with E-state index >= 15 is 0 Å². The van der Waals surface area contributed by atoms with Crippen molar-refractivity contribution in [2.75, 3.05) is 20.1 Å². The number of nitrogens with one attached hydrogen (secondary N) is 2. The molecule has 0 spiro atoms. The van der Waals surface area contributed by atoms with Crippen molar-refractivity contribution in [2.24, 2.45) is 4.99 Å². The number of thiazole rings is 1. The smallest absolute Gasteiger partial charge is 0.190 e. The second-order valence-electron chi connectivity index (χ2n) is 5.32. The van der Waals surface area contributed by atoms with Crippen LogP contribution in [0.2, 0.25) is 0 Å². The minimum Gasteiger partial charge on any atom is -0.356 e. The van der Waals surface area contributed by atoms with Crippen LogP contribution in [0.3, 0.4) is 0 Å². The van der Waals surface area contributed by atoms with Crippen LogP contribution in [-0.4, -0.2) is 31.1 Å². The maximum atomic E-state index is 4.48. The molecule has 23 heavy (non-hydrogen) atoms. The molecule has 0 aliphatic heterocycles. The topological polar surface area (TPSA) is 49.3 Å². The molecule has 0 aromatic carbocycles. The number of halogens is 1. The van der Waals surface area contributed by atoms with E-state index < -0.39 is 0 Å². The van der Waals surface area contributed by atoms with Gasteiger partial charge in [0.05, 0.1) is 5.01 Å². The van der Waals surface area contributed by atoms with E-state index in [4.69, 9.17) is 0 Å². The first-order valence-corrected chi connectivity index (χ1v) is 9.39. The maximum absolute atomic E-state index is 4.48. The number of aliphatic imine (C=N–C) groups is 1. The zero-order chi connectivity index (χ0) is 15.8. The molecule has 128 valence electrons. The van der Waals surface area contributed by atoms with E-state index in [1.165, 1.54) is 10.6 Å². The van der Waals surface area contributed by atoms with Gasteiger partial charge in [0.25, 0.3) is 0 Å². The molecular formula is C16H25IN4S2. The number of nitrogens with zero attached hydrogens (tertiary/aromatic N) is 2. The highest BCUT2D eigenvalue weighted by Gasteiger charge is 2.07. The summed E-state index contributed by atoms with van der Waals surface area (Å²) in [6, 6.07) is 2.18. The van der Waals surface area contributed by atoms with Gasteiger partial charge in [-0.1, -0.05) is 6.92 Å². The van der Waals surface area contributed by atoms with Gasteiger partial charge in [0.1, 0.15) is 0 Å². The van der Waals surface area contributed by atoms with Crippen molar-refractivity contribution in [3.8, 4) is 0 Å². The van der Waals surface area contributed by atoms with E-state index in [0.717, 1.165) is 37.6 Å². The van der Waals surface area contributed by atoms with E-state index in [2.05, 4.69) is 49.7 Å². The molecular weight excluding hydrogens is 439 g/mol. The lowest BCUT2D eigenvalue weighted by Gasteiger charge is -2.15. The molecule has 4 nitrogen and oxygen atoms in total. The number of hydrogen-bond acceptors (Lipinski definition) is 4. The molecule has 0 fully saturated rings. The summed E-state index contributed by atoms with van der Waals surface area (Å²) in [5, 5.41) is 14.4. The Labute approximate surface area is 163 Å². The van der Waals surface area contributed by atoms with Crippen LogP contribution in [0.4, 0.5) is 0 Å². The molecule has 0 saturated carbocycles. The van der Waals surface area contributed by atoms with Gasteiger partial charge >= 0.3 is 0 Å². The average molecular weight is 464 g/mol. The number of aryl methyl sites for hydroxylation is 2. The molecule has 0 aliphatic carbocycles. The number of thiophene rings is 1. The predicted molar refractivity (Wildman–Crippen MR) is 113 cm³/mol. The summed E-state index contributed by atoms with van der Waals surface area (Å²) in [6.07, 6.45) is 2.08. The highest BCUT2D eigenvalue weighted by Crippen LogP contribution is 2.17. The Bertz CT molecular complexity index is 581. The molecule has 2 aromatic heterocycles. The summed E-state index contributed by atoms with van der Waals surface area (Å²) in [7, 11) is 1.81. The average Bonchev–Trinajstić information content (AvgIpc) is 3.18. The molecule has 0 radical (unpaired) electrons. The lowest BCUT2D eigenvalue weighted by molar-refractivity contribution is 0.689. The zero-order valence-electron chi connectivity index (χ0n) is 13.8. The first kappa shape index (κ1) is 20.4. The third kappa shape index (κ3) is 7.17. The SMILES string of the molecule is CN=C(NCCCc1nc(C)cs1)NCC(C)c1ccsc1.I.